The quantitative estimate of drug-likeness (QED) is 0.787. The van der Waals surface area contributed by atoms with Crippen LogP contribution in [-0.4, -0.2) is 51.9 Å². The Morgan fingerprint density at radius 3 is 2.56 bits per heavy atom. The molecule has 0 aromatic heterocycles. The number of ether oxygens (including phenoxy) is 3. The molecule has 1 aliphatic heterocycles. The maximum Gasteiger partial charge on any atom is 0.340 e. The van der Waals surface area contributed by atoms with Gasteiger partial charge in [-0.3, -0.25) is 4.79 Å². The molecule has 142 valence electrons. The Balaban J connectivity index is 1.71. The van der Waals surface area contributed by atoms with Crippen molar-refractivity contribution in [3.63, 3.8) is 0 Å². The third-order valence-electron chi connectivity index (χ3n) is 4.17. The standard InChI is InChI=1S/C20H22N2O5/c1-25-20(24)17-13-15(22-9-11-26-12-10-22)7-8-18(17)21-19(23)14-27-16-5-3-2-4-6-16/h2-8,13H,9-12,14H2,1H3,(H,21,23). The van der Waals surface area contributed by atoms with Crippen LogP contribution >= 0.6 is 0 Å². The average Bonchev–Trinajstić information content (AvgIpc) is 2.73. The van der Waals surface area contributed by atoms with Gasteiger partial charge in [-0.15, -0.1) is 0 Å². The van der Waals surface area contributed by atoms with Gasteiger partial charge in [-0.1, -0.05) is 18.2 Å². The van der Waals surface area contributed by atoms with Crippen molar-refractivity contribution >= 4 is 23.3 Å². The van der Waals surface area contributed by atoms with Crippen LogP contribution in [-0.2, 0) is 14.3 Å². The summed E-state index contributed by atoms with van der Waals surface area (Å²) in [6.07, 6.45) is 0. The summed E-state index contributed by atoms with van der Waals surface area (Å²) in [6, 6.07) is 14.4. The largest absolute Gasteiger partial charge is 0.484 e. The second kappa shape index (κ2) is 9.05. The fourth-order valence-corrected chi connectivity index (χ4v) is 2.79. The van der Waals surface area contributed by atoms with E-state index in [9.17, 15) is 9.59 Å². The van der Waals surface area contributed by atoms with Crippen molar-refractivity contribution in [1.82, 2.24) is 0 Å². The molecule has 1 saturated heterocycles. The highest BCUT2D eigenvalue weighted by molar-refractivity contribution is 6.02. The second-order valence-corrected chi connectivity index (χ2v) is 5.97. The van der Waals surface area contributed by atoms with E-state index in [1.165, 1.54) is 7.11 Å². The molecule has 0 spiro atoms. The molecule has 1 N–H and O–H groups in total. The Hall–Kier alpha value is -3.06. The predicted molar refractivity (Wildman–Crippen MR) is 101 cm³/mol. The normalized spacial score (nSPS) is 13.7. The predicted octanol–water partition coefficient (Wildman–Crippen LogP) is 2.33. The number of hydrogen-bond acceptors (Lipinski definition) is 6. The third-order valence-corrected chi connectivity index (χ3v) is 4.17. The number of nitrogens with zero attached hydrogens (tertiary/aromatic N) is 1. The van der Waals surface area contributed by atoms with Gasteiger partial charge in [-0.25, -0.2) is 4.79 Å². The first kappa shape index (κ1) is 18.7. The number of para-hydroxylation sites is 1. The average molecular weight is 370 g/mol. The van der Waals surface area contributed by atoms with Crippen LogP contribution in [0, 0.1) is 0 Å². The molecule has 1 fully saturated rings. The molecule has 1 amide bonds. The van der Waals surface area contributed by atoms with E-state index >= 15 is 0 Å². The summed E-state index contributed by atoms with van der Waals surface area (Å²) >= 11 is 0. The van der Waals surface area contributed by atoms with Gasteiger partial charge < -0.3 is 24.4 Å². The zero-order chi connectivity index (χ0) is 19.1. The summed E-state index contributed by atoms with van der Waals surface area (Å²) in [6.45, 7) is 2.62. The SMILES string of the molecule is COC(=O)c1cc(N2CCOCC2)ccc1NC(=O)COc1ccccc1. The van der Waals surface area contributed by atoms with E-state index in [-0.39, 0.29) is 12.5 Å². The lowest BCUT2D eigenvalue weighted by molar-refractivity contribution is -0.118. The summed E-state index contributed by atoms with van der Waals surface area (Å²) in [5.41, 5.74) is 1.58. The van der Waals surface area contributed by atoms with Crippen LogP contribution in [0.1, 0.15) is 10.4 Å². The summed E-state index contributed by atoms with van der Waals surface area (Å²) in [5, 5.41) is 2.72. The number of rotatable bonds is 6. The molecule has 0 aliphatic carbocycles. The zero-order valence-corrected chi connectivity index (χ0v) is 15.1. The van der Waals surface area contributed by atoms with Gasteiger partial charge in [0.05, 0.1) is 31.6 Å². The van der Waals surface area contributed by atoms with Crippen LogP contribution in [0.15, 0.2) is 48.5 Å². The van der Waals surface area contributed by atoms with E-state index in [2.05, 4.69) is 10.2 Å². The van der Waals surface area contributed by atoms with Crippen LogP contribution in [0.2, 0.25) is 0 Å². The fraction of sp³-hybridized carbons (Fsp3) is 0.300. The molecular formula is C20H22N2O5. The van der Waals surface area contributed by atoms with Gasteiger partial charge in [0.25, 0.3) is 5.91 Å². The maximum atomic E-state index is 12.2. The number of hydrogen-bond donors (Lipinski definition) is 1. The van der Waals surface area contributed by atoms with Crippen molar-refractivity contribution < 1.29 is 23.8 Å². The minimum Gasteiger partial charge on any atom is -0.484 e. The Morgan fingerprint density at radius 2 is 1.85 bits per heavy atom. The summed E-state index contributed by atoms with van der Waals surface area (Å²) in [5.74, 6) is -0.268. The van der Waals surface area contributed by atoms with Crippen molar-refractivity contribution in [2.45, 2.75) is 0 Å². The number of anilines is 2. The number of methoxy groups -OCH3 is 1. The minimum atomic E-state index is -0.510. The Bertz CT molecular complexity index is 788. The van der Waals surface area contributed by atoms with Crippen molar-refractivity contribution in [2.75, 3.05) is 50.2 Å². The molecule has 0 radical (unpaired) electrons. The van der Waals surface area contributed by atoms with E-state index in [1.807, 2.05) is 24.3 Å². The Kier molecular flexibility index (Phi) is 6.27. The van der Waals surface area contributed by atoms with Crippen LogP contribution in [0.3, 0.4) is 0 Å². The van der Waals surface area contributed by atoms with Crippen LogP contribution in [0.5, 0.6) is 5.75 Å². The minimum absolute atomic E-state index is 0.157. The fourth-order valence-electron chi connectivity index (χ4n) is 2.79. The monoisotopic (exact) mass is 370 g/mol. The highest BCUT2D eigenvalue weighted by Crippen LogP contribution is 2.25. The number of amides is 1. The summed E-state index contributed by atoms with van der Waals surface area (Å²) in [7, 11) is 1.31. The lowest BCUT2D eigenvalue weighted by Crippen LogP contribution is -2.36. The Morgan fingerprint density at radius 1 is 1.11 bits per heavy atom. The molecule has 0 unspecified atom stereocenters. The molecule has 2 aromatic rings. The summed E-state index contributed by atoms with van der Waals surface area (Å²) < 4.78 is 15.7. The number of carbonyl (C=O) groups excluding carboxylic acids is 2. The number of nitrogens with one attached hydrogen (secondary N) is 1. The molecule has 1 aliphatic rings. The number of esters is 1. The van der Waals surface area contributed by atoms with Crippen LogP contribution < -0.4 is 15.0 Å². The molecule has 2 aromatic carbocycles. The first-order valence-electron chi connectivity index (χ1n) is 8.70. The van der Waals surface area contributed by atoms with Crippen LogP contribution in [0.25, 0.3) is 0 Å². The molecule has 0 atom stereocenters. The van der Waals surface area contributed by atoms with Gasteiger partial charge in [0, 0.05) is 18.8 Å². The lowest BCUT2D eigenvalue weighted by atomic mass is 10.1. The van der Waals surface area contributed by atoms with E-state index in [4.69, 9.17) is 14.2 Å². The number of morpholine rings is 1. The smallest absolute Gasteiger partial charge is 0.340 e. The molecule has 7 heteroatoms. The van der Waals surface area contributed by atoms with Crippen molar-refractivity contribution in [3.05, 3.63) is 54.1 Å². The molecule has 27 heavy (non-hydrogen) atoms. The highest BCUT2D eigenvalue weighted by Gasteiger charge is 2.18. The van der Waals surface area contributed by atoms with E-state index < -0.39 is 5.97 Å². The van der Waals surface area contributed by atoms with Gasteiger partial charge in [0.15, 0.2) is 6.61 Å². The Labute approximate surface area is 157 Å². The van der Waals surface area contributed by atoms with Gasteiger partial charge in [0.1, 0.15) is 5.75 Å². The highest BCUT2D eigenvalue weighted by atomic mass is 16.5. The van der Waals surface area contributed by atoms with E-state index in [0.717, 1.165) is 18.8 Å². The van der Waals surface area contributed by atoms with Gasteiger partial charge in [-0.2, -0.15) is 0 Å². The zero-order valence-electron chi connectivity index (χ0n) is 15.1. The second-order valence-electron chi connectivity index (χ2n) is 5.97. The third kappa shape index (κ3) is 4.98. The first-order valence-corrected chi connectivity index (χ1v) is 8.70. The van der Waals surface area contributed by atoms with E-state index in [0.29, 0.717) is 30.2 Å². The number of carbonyl (C=O) groups is 2. The van der Waals surface area contributed by atoms with Crippen molar-refractivity contribution in [1.29, 1.82) is 0 Å². The first-order chi connectivity index (χ1) is 13.2. The van der Waals surface area contributed by atoms with Crippen molar-refractivity contribution in [2.24, 2.45) is 0 Å². The molecule has 1 heterocycles. The number of benzene rings is 2. The summed E-state index contributed by atoms with van der Waals surface area (Å²) in [4.78, 5) is 26.5. The van der Waals surface area contributed by atoms with Gasteiger partial charge in [0.2, 0.25) is 0 Å². The van der Waals surface area contributed by atoms with Gasteiger partial charge in [-0.05, 0) is 30.3 Å². The molecule has 3 rings (SSSR count). The molecule has 7 nitrogen and oxygen atoms in total. The molecular weight excluding hydrogens is 348 g/mol. The topological polar surface area (TPSA) is 77.1 Å². The molecule has 0 bridgehead atoms. The van der Waals surface area contributed by atoms with Gasteiger partial charge >= 0.3 is 5.97 Å². The maximum absolute atomic E-state index is 12.2. The van der Waals surface area contributed by atoms with E-state index in [1.54, 1.807) is 24.3 Å². The molecule has 0 saturated carbocycles. The van der Waals surface area contributed by atoms with Crippen LogP contribution in [0.4, 0.5) is 11.4 Å². The lowest BCUT2D eigenvalue weighted by Gasteiger charge is -2.29. The van der Waals surface area contributed by atoms with Crippen molar-refractivity contribution in [3.8, 4) is 5.75 Å².